The van der Waals surface area contributed by atoms with Gasteiger partial charge in [-0.15, -0.1) is 0 Å². The summed E-state index contributed by atoms with van der Waals surface area (Å²) in [4.78, 5) is 4.64. The Kier molecular flexibility index (Phi) is 10.3. The van der Waals surface area contributed by atoms with Gasteiger partial charge in [-0.2, -0.15) is 0 Å². The van der Waals surface area contributed by atoms with Crippen molar-refractivity contribution in [3.05, 3.63) is 267 Å². The first-order chi connectivity index (χ1) is 31.7. The maximum atomic E-state index is 2.36. The zero-order chi connectivity index (χ0) is 42.7. The Labute approximate surface area is 375 Å². The van der Waals surface area contributed by atoms with E-state index in [9.17, 15) is 0 Å². The van der Waals surface area contributed by atoms with Crippen molar-refractivity contribution in [1.29, 1.82) is 0 Å². The van der Waals surface area contributed by atoms with Gasteiger partial charge in [0.05, 0.1) is 0 Å². The standard InChI is InChI=1S/C62H44N2/c1-5-15-45(16-6-1)46-25-34-55(35-26-46)63(53-20-9-3-10-21-53)56-36-27-47(28-37-56)48-29-38-57(39-30-48)64(54-22-11-4-12-23-54)58-40-31-49(32-41-58)51-33-42-60-59-24-14-13-19-52(59)44-61(62(60)43-51)50-17-7-2-8-18-50/h1-44H. The lowest BCUT2D eigenvalue weighted by atomic mass is 9.91. The van der Waals surface area contributed by atoms with E-state index in [1.807, 2.05) is 0 Å². The predicted octanol–water partition coefficient (Wildman–Crippen LogP) is 17.6. The second-order valence-electron chi connectivity index (χ2n) is 16.2. The Bertz CT molecular complexity index is 3310. The van der Waals surface area contributed by atoms with Gasteiger partial charge in [-0.3, -0.25) is 0 Å². The van der Waals surface area contributed by atoms with Crippen LogP contribution in [0, 0.1) is 0 Å². The van der Waals surface area contributed by atoms with E-state index in [1.54, 1.807) is 0 Å². The largest absolute Gasteiger partial charge is 0.311 e. The summed E-state index contributed by atoms with van der Waals surface area (Å²) >= 11 is 0. The quantitative estimate of drug-likeness (QED) is 0.127. The molecule has 0 spiro atoms. The number of rotatable bonds is 10. The topological polar surface area (TPSA) is 6.48 Å². The summed E-state index contributed by atoms with van der Waals surface area (Å²) in [5.74, 6) is 0. The molecule has 11 rings (SSSR count). The molecule has 0 aliphatic heterocycles. The molecule has 0 amide bonds. The van der Waals surface area contributed by atoms with Crippen LogP contribution in [0.2, 0.25) is 0 Å². The first-order valence-corrected chi connectivity index (χ1v) is 21.9. The van der Waals surface area contributed by atoms with Crippen LogP contribution in [0.25, 0.3) is 66.1 Å². The highest BCUT2D eigenvalue weighted by Crippen LogP contribution is 2.41. The Morgan fingerprint density at radius 1 is 0.188 bits per heavy atom. The Balaban J connectivity index is 0.887. The molecule has 0 saturated carbocycles. The third kappa shape index (κ3) is 7.59. The van der Waals surface area contributed by atoms with Gasteiger partial charge in [0, 0.05) is 34.1 Å². The summed E-state index contributed by atoms with van der Waals surface area (Å²) in [5, 5.41) is 5.06. The van der Waals surface area contributed by atoms with Gasteiger partial charge in [0.1, 0.15) is 0 Å². The number of hydrogen-bond acceptors (Lipinski definition) is 2. The van der Waals surface area contributed by atoms with E-state index in [4.69, 9.17) is 0 Å². The highest BCUT2D eigenvalue weighted by Gasteiger charge is 2.16. The van der Waals surface area contributed by atoms with Crippen molar-refractivity contribution in [2.75, 3.05) is 9.80 Å². The molecule has 0 radical (unpaired) electrons. The molecule has 0 aromatic heterocycles. The van der Waals surface area contributed by atoms with Crippen LogP contribution in [0.3, 0.4) is 0 Å². The van der Waals surface area contributed by atoms with Gasteiger partial charge in [0.15, 0.2) is 0 Å². The zero-order valence-electron chi connectivity index (χ0n) is 35.3. The summed E-state index contributed by atoms with van der Waals surface area (Å²) in [6.07, 6.45) is 0. The summed E-state index contributed by atoms with van der Waals surface area (Å²) in [5.41, 5.74) is 16.2. The number of fused-ring (bicyclic) bond motifs is 3. The molecule has 2 heteroatoms. The first kappa shape index (κ1) is 38.5. The summed E-state index contributed by atoms with van der Waals surface area (Å²) in [6.45, 7) is 0. The van der Waals surface area contributed by atoms with E-state index in [-0.39, 0.29) is 0 Å². The molecule has 0 N–H and O–H groups in total. The monoisotopic (exact) mass is 816 g/mol. The Morgan fingerprint density at radius 2 is 0.516 bits per heavy atom. The highest BCUT2D eigenvalue weighted by molar-refractivity contribution is 6.14. The average molecular weight is 817 g/mol. The Hall–Kier alpha value is -8.46. The van der Waals surface area contributed by atoms with Crippen LogP contribution in [-0.4, -0.2) is 0 Å². The van der Waals surface area contributed by atoms with Crippen molar-refractivity contribution in [2.24, 2.45) is 0 Å². The number of hydrogen-bond donors (Lipinski definition) is 0. The third-order valence-electron chi connectivity index (χ3n) is 12.2. The zero-order valence-corrected chi connectivity index (χ0v) is 35.3. The minimum absolute atomic E-state index is 1.10. The molecule has 0 heterocycles. The van der Waals surface area contributed by atoms with Crippen LogP contribution in [0.1, 0.15) is 0 Å². The fraction of sp³-hybridized carbons (Fsp3) is 0. The normalized spacial score (nSPS) is 11.1. The molecule has 11 aromatic carbocycles. The Morgan fingerprint density at radius 3 is 0.969 bits per heavy atom. The van der Waals surface area contributed by atoms with E-state index in [2.05, 4.69) is 277 Å². The van der Waals surface area contributed by atoms with Crippen LogP contribution in [-0.2, 0) is 0 Å². The van der Waals surface area contributed by atoms with Gasteiger partial charge >= 0.3 is 0 Å². The van der Waals surface area contributed by atoms with Gasteiger partial charge in [0.25, 0.3) is 0 Å². The SMILES string of the molecule is c1ccc(-c2ccc(N(c3ccccc3)c3ccc(-c4ccc(N(c5ccccc5)c5ccc(-c6ccc7c(c6)c(-c6ccccc6)cc6ccccc67)cc5)cc4)cc3)cc2)cc1. The lowest BCUT2D eigenvalue weighted by Gasteiger charge is -2.26. The van der Waals surface area contributed by atoms with Crippen molar-refractivity contribution < 1.29 is 0 Å². The van der Waals surface area contributed by atoms with Crippen molar-refractivity contribution in [3.63, 3.8) is 0 Å². The molecule has 0 bridgehead atoms. The van der Waals surface area contributed by atoms with Crippen LogP contribution in [0.5, 0.6) is 0 Å². The fourth-order valence-corrected chi connectivity index (χ4v) is 9.03. The first-order valence-electron chi connectivity index (χ1n) is 21.9. The summed E-state index contributed by atoms with van der Waals surface area (Å²) in [7, 11) is 0. The molecule has 11 aromatic rings. The predicted molar refractivity (Wildman–Crippen MR) is 273 cm³/mol. The molecule has 0 atom stereocenters. The number of anilines is 6. The van der Waals surface area contributed by atoms with E-state index in [1.165, 1.54) is 54.9 Å². The molecule has 0 aliphatic rings. The van der Waals surface area contributed by atoms with E-state index >= 15 is 0 Å². The van der Waals surface area contributed by atoms with Gasteiger partial charge in [-0.1, -0.05) is 182 Å². The molecule has 0 saturated heterocycles. The summed E-state index contributed by atoms with van der Waals surface area (Å²) < 4.78 is 0. The van der Waals surface area contributed by atoms with E-state index in [0.29, 0.717) is 0 Å². The number of para-hydroxylation sites is 2. The third-order valence-corrected chi connectivity index (χ3v) is 12.2. The minimum atomic E-state index is 1.10. The molecular formula is C62H44N2. The van der Waals surface area contributed by atoms with Crippen molar-refractivity contribution >= 4 is 55.7 Å². The number of nitrogens with zero attached hydrogens (tertiary/aromatic N) is 2. The smallest absolute Gasteiger partial charge is 0.0462 e. The number of benzene rings is 11. The molecule has 0 fully saturated rings. The molecular weight excluding hydrogens is 773 g/mol. The van der Waals surface area contributed by atoms with Gasteiger partial charge in [-0.05, 0) is 151 Å². The van der Waals surface area contributed by atoms with E-state index in [0.717, 1.165) is 45.3 Å². The van der Waals surface area contributed by atoms with Gasteiger partial charge in [-0.25, -0.2) is 0 Å². The van der Waals surface area contributed by atoms with Gasteiger partial charge in [0.2, 0.25) is 0 Å². The highest BCUT2D eigenvalue weighted by atomic mass is 15.1. The molecule has 2 nitrogen and oxygen atoms in total. The fourth-order valence-electron chi connectivity index (χ4n) is 9.03. The molecule has 0 unspecified atom stereocenters. The van der Waals surface area contributed by atoms with E-state index < -0.39 is 0 Å². The van der Waals surface area contributed by atoms with Crippen molar-refractivity contribution in [1.82, 2.24) is 0 Å². The van der Waals surface area contributed by atoms with Crippen molar-refractivity contribution in [3.8, 4) is 44.5 Å². The average Bonchev–Trinajstić information content (AvgIpc) is 3.38. The second kappa shape index (κ2) is 17.1. The maximum Gasteiger partial charge on any atom is 0.0462 e. The van der Waals surface area contributed by atoms with Crippen LogP contribution in [0.4, 0.5) is 34.1 Å². The van der Waals surface area contributed by atoms with Crippen molar-refractivity contribution in [2.45, 2.75) is 0 Å². The van der Waals surface area contributed by atoms with Gasteiger partial charge < -0.3 is 9.80 Å². The minimum Gasteiger partial charge on any atom is -0.311 e. The van der Waals surface area contributed by atoms with Crippen LogP contribution in [0.15, 0.2) is 267 Å². The lowest BCUT2D eigenvalue weighted by Crippen LogP contribution is -2.10. The molecule has 64 heavy (non-hydrogen) atoms. The summed E-state index contributed by atoms with van der Waals surface area (Å²) in [6, 6.07) is 96.1. The molecule has 302 valence electrons. The van der Waals surface area contributed by atoms with Crippen LogP contribution < -0.4 is 9.80 Å². The maximum absolute atomic E-state index is 2.36. The van der Waals surface area contributed by atoms with Crippen LogP contribution >= 0.6 is 0 Å². The lowest BCUT2D eigenvalue weighted by molar-refractivity contribution is 1.28. The molecule has 0 aliphatic carbocycles. The second-order valence-corrected chi connectivity index (χ2v) is 16.2.